The number of anilines is 1. The van der Waals surface area contributed by atoms with Gasteiger partial charge in [-0.15, -0.1) is 0 Å². The van der Waals surface area contributed by atoms with Crippen molar-refractivity contribution in [3.8, 4) is 0 Å². The standard InChI is InChI=1S/C18H25NO/c1-11(20)13-5-2-3-8-17(13)19-18-10-12-9-16(18)15-7-4-6-14(12)15/h2-3,5,8,11-12,14-16,18-20H,4,6-7,9-10H2,1H3. The van der Waals surface area contributed by atoms with Crippen LogP contribution in [0.25, 0.3) is 0 Å². The molecule has 0 heterocycles. The first-order valence-corrected chi connectivity index (χ1v) is 8.27. The summed E-state index contributed by atoms with van der Waals surface area (Å²) in [5, 5.41) is 13.7. The normalized spacial score (nSPS) is 39.8. The highest BCUT2D eigenvalue weighted by Crippen LogP contribution is 2.59. The summed E-state index contributed by atoms with van der Waals surface area (Å²) in [4.78, 5) is 0. The second-order valence-corrected chi connectivity index (χ2v) is 7.17. The molecular formula is C18H25NO. The molecule has 20 heavy (non-hydrogen) atoms. The second kappa shape index (κ2) is 4.77. The number of aliphatic hydroxyl groups excluding tert-OH is 1. The molecule has 2 heteroatoms. The number of aliphatic hydroxyl groups is 1. The van der Waals surface area contributed by atoms with E-state index < -0.39 is 6.10 Å². The molecule has 1 aromatic rings. The summed E-state index contributed by atoms with van der Waals surface area (Å²) in [7, 11) is 0. The number of hydrogen-bond acceptors (Lipinski definition) is 2. The number of rotatable bonds is 3. The molecule has 108 valence electrons. The summed E-state index contributed by atoms with van der Waals surface area (Å²) < 4.78 is 0. The van der Waals surface area contributed by atoms with Crippen LogP contribution in [-0.4, -0.2) is 11.1 Å². The monoisotopic (exact) mass is 271 g/mol. The minimum Gasteiger partial charge on any atom is -0.389 e. The molecule has 6 unspecified atom stereocenters. The third kappa shape index (κ3) is 1.88. The maximum atomic E-state index is 9.92. The van der Waals surface area contributed by atoms with Crippen LogP contribution in [-0.2, 0) is 0 Å². The summed E-state index contributed by atoms with van der Waals surface area (Å²) in [6.07, 6.45) is 6.81. The lowest BCUT2D eigenvalue weighted by Gasteiger charge is -2.33. The van der Waals surface area contributed by atoms with Crippen LogP contribution in [0.3, 0.4) is 0 Å². The Balaban J connectivity index is 1.54. The maximum absolute atomic E-state index is 9.92. The van der Waals surface area contributed by atoms with Crippen molar-refractivity contribution in [2.75, 3.05) is 5.32 Å². The molecule has 0 spiro atoms. The van der Waals surface area contributed by atoms with Crippen LogP contribution in [0.1, 0.15) is 50.7 Å². The number of fused-ring (bicyclic) bond motifs is 5. The maximum Gasteiger partial charge on any atom is 0.0781 e. The lowest BCUT2D eigenvalue weighted by atomic mass is 9.79. The summed E-state index contributed by atoms with van der Waals surface area (Å²) in [5.74, 6) is 3.90. The van der Waals surface area contributed by atoms with Crippen LogP contribution in [0.15, 0.2) is 24.3 Å². The average molecular weight is 271 g/mol. The van der Waals surface area contributed by atoms with E-state index in [2.05, 4.69) is 17.4 Å². The quantitative estimate of drug-likeness (QED) is 0.871. The minimum absolute atomic E-state index is 0.392. The van der Waals surface area contributed by atoms with E-state index in [4.69, 9.17) is 0 Å². The lowest BCUT2D eigenvalue weighted by Crippen LogP contribution is -2.34. The van der Waals surface area contributed by atoms with Gasteiger partial charge in [0.15, 0.2) is 0 Å². The minimum atomic E-state index is -0.392. The Morgan fingerprint density at radius 3 is 2.75 bits per heavy atom. The average Bonchev–Trinajstić information content (AvgIpc) is 3.10. The summed E-state index contributed by atoms with van der Waals surface area (Å²) in [5.41, 5.74) is 2.19. The third-order valence-corrected chi connectivity index (χ3v) is 6.18. The molecule has 3 fully saturated rings. The lowest BCUT2D eigenvalue weighted by molar-refractivity contribution is 0.199. The fraction of sp³-hybridized carbons (Fsp3) is 0.667. The summed E-state index contributed by atoms with van der Waals surface area (Å²) >= 11 is 0. The van der Waals surface area contributed by atoms with Crippen molar-refractivity contribution >= 4 is 5.69 Å². The van der Waals surface area contributed by atoms with Gasteiger partial charge in [-0.25, -0.2) is 0 Å². The van der Waals surface area contributed by atoms with Crippen molar-refractivity contribution < 1.29 is 5.11 Å². The first-order chi connectivity index (χ1) is 9.74. The van der Waals surface area contributed by atoms with Gasteiger partial charge in [-0.3, -0.25) is 0 Å². The molecule has 2 bridgehead atoms. The smallest absolute Gasteiger partial charge is 0.0781 e. The van der Waals surface area contributed by atoms with Crippen molar-refractivity contribution in [3.05, 3.63) is 29.8 Å². The zero-order valence-electron chi connectivity index (χ0n) is 12.3. The molecule has 6 atom stereocenters. The van der Waals surface area contributed by atoms with Crippen molar-refractivity contribution in [3.63, 3.8) is 0 Å². The van der Waals surface area contributed by atoms with Gasteiger partial charge < -0.3 is 10.4 Å². The van der Waals surface area contributed by atoms with Crippen molar-refractivity contribution in [1.29, 1.82) is 0 Å². The Bertz CT molecular complexity index is 498. The van der Waals surface area contributed by atoms with Crippen LogP contribution < -0.4 is 5.32 Å². The van der Waals surface area contributed by atoms with Gasteiger partial charge in [0.05, 0.1) is 6.10 Å². The molecule has 0 radical (unpaired) electrons. The van der Waals surface area contributed by atoms with Crippen LogP contribution in [0, 0.1) is 23.7 Å². The molecule has 3 aliphatic rings. The largest absolute Gasteiger partial charge is 0.389 e. The molecule has 2 N–H and O–H groups in total. The second-order valence-electron chi connectivity index (χ2n) is 7.17. The summed E-state index contributed by atoms with van der Waals surface area (Å²) in [6.45, 7) is 1.86. The van der Waals surface area contributed by atoms with Gasteiger partial charge in [-0.2, -0.15) is 0 Å². The van der Waals surface area contributed by atoms with Crippen molar-refractivity contribution in [2.45, 2.75) is 51.2 Å². The predicted molar refractivity (Wildman–Crippen MR) is 81.5 cm³/mol. The first kappa shape index (κ1) is 12.7. The van der Waals surface area contributed by atoms with Crippen LogP contribution in [0.2, 0.25) is 0 Å². The SMILES string of the molecule is CC(O)c1ccccc1NC1CC2CC1C1CCCC21. The third-order valence-electron chi connectivity index (χ3n) is 6.18. The molecule has 1 aromatic carbocycles. The Hall–Kier alpha value is -1.02. The van der Waals surface area contributed by atoms with E-state index in [0.717, 1.165) is 34.9 Å². The number of para-hydroxylation sites is 1. The van der Waals surface area contributed by atoms with Gasteiger partial charge in [-0.1, -0.05) is 24.6 Å². The Morgan fingerprint density at radius 1 is 1.10 bits per heavy atom. The predicted octanol–water partition coefficient (Wildman–Crippen LogP) is 3.98. The zero-order chi connectivity index (χ0) is 13.7. The molecule has 3 saturated carbocycles. The van der Waals surface area contributed by atoms with E-state index in [1.54, 1.807) is 0 Å². The zero-order valence-corrected chi connectivity index (χ0v) is 12.3. The molecule has 0 aliphatic heterocycles. The van der Waals surface area contributed by atoms with E-state index in [1.165, 1.54) is 32.1 Å². The summed E-state index contributed by atoms with van der Waals surface area (Å²) in [6, 6.07) is 8.89. The highest BCUT2D eigenvalue weighted by molar-refractivity contribution is 5.53. The molecular weight excluding hydrogens is 246 g/mol. The van der Waals surface area contributed by atoms with Crippen LogP contribution in [0.5, 0.6) is 0 Å². The number of nitrogens with one attached hydrogen (secondary N) is 1. The van der Waals surface area contributed by atoms with E-state index >= 15 is 0 Å². The van der Waals surface area contributed by atoms with Crippen LogP contribution in [0.4, 0.5) is 5.69 Å². The first-order valence-electron chi connectivity index (χ1n) is 8.27. The van der Waals surface area contributed by atoms with Gasteiger partial charge in [0.1, 0.15) is 0 Å². The van der Waals surface area contributed by atoms with E-state index in [1.807, 2.05) is 19.1 Å². The van der Waals surface area contributed by atoms with Crippen LogP contribution >= 0.6 is 0 Å². The Morgan fingerprint density at radius 2 is 1.90 bits per heavy atom. The Labute approximate surface area is 121 Å². The topological polar surface area (TPSA) is 32.3 Å². The van der Waals surface area contributed by atoms with Gasteiger partial charge in [0.25, 0.3) is 0 Å². The highest BCUT2D eigenvalue weighted by atomic mass is 16.3. The fourth-order valence-corrected chi connectivity index (χ4v) is 5.43. The van der Waals surface area contributed by atoms with Gasteiger partial charge >= 0.3 is 0 Å². The molecule has 4 rings (SSSR count). The highest BCUT2D eigenvalue weighted by Gasteiger charge is 2.53. The number of hydrogen-bond donors (Lipinski definition) is 2. The molecule has 2 nitrogen and oxygen atoms in total. The van der Waals surface area contributed by atoms with E-state index in [-0.39, 0.29) is 0 Å². The van der Waals surface area contributed by atoms with Gasteiger partial charge in [0, 0.05) is 17.3 Å². The molecule has 3 aliphatic carbocycles. The van der Waals surface area contributed by atoms with Crippen molar-refractivity contribution in [2.24, 2.45) is 23.7 Å². The fourth-order valence-electron chi connectivity index (χ4n) is 5.43. The van der Waals surface area contributed by atoms with Crippen molar-refractivity contribution in [1.82, 2.24) is 0 Å². The molecule has 0 saturated heterocycles. The Kier molecular flexibility index (Phi) is 3.03. The van der Waals surface area contributed by atoms with E-state index in [0.29, 0.717) is 6.04 Å². The molecule has 0 amide bonds. The number of benzene rings is 1. The molecule has 0 aromatic heterocycles. The van der Waals surface area contributed by atoms with Gasteiger partial charge in [0.2, 0.25) is 0 Å². The van der Waals surface area contributed by atoms with Gasteiger partial charge in [-0.05, 0) is 62.3 Å². The van der Waals surface area contributed by atoms with E-state index in [9.17, 15) is 5.11 Å².